The van der Waals surface area contributed by atoms with Crippen molar-refractivity contribution in [3.63, 3.8) is 0 Å². The van der Waals surface area contributed by atoms with E-state index in [1.54, 1.807) is 0 Å². The van der Waals surface area contributed by atoms with Crippen molar-refractivity contribution >= 4 is 23.6 Å². The summed E-state index contributed by atoms with van der Waals surface area (Å²) in [6, 6.07) is -8.05. The SMILES string of the molecule is CC(=O)N[C@H]1[C@H](O[C@H]2[C@H](O)[C@@H](NC(C)=O)C(O)O[C@@H]2CO[C@H]2O[C@H](C)[C@H](O)[C@H](O)[C@H]2O)O[C@H](CO)[C@@H](O[C@@H]2O[C@H](CO[C@H]3O[C@H](CO)[C@@H](O)[C@H](O)[C@@H]3O[C@@H]3O[C@H](CO)[C@@H](O[C@@H]4O[C@H](CO)[C@H](O)[C@H](O[C@H]5O[C@H](CO)[C@H](O)[C@H](O)[C@H]5O)[C@H]4O)[C@H](O)[C@H]3NC(C)=O)[C@@H](O)[C@H](O[C@H]3O[C@H](CO)[C@@H](O)[C@H](O)[C@@H]3O[C@@H]3O[C@H](CO)[C@@H](O[C@@H]4O[C@H](CO)[C@H](O)[C@H](O[C@H]5O[C@H](CO)[C@H](O)[C@H](O)[C@H]5O)[C@H]4O)[C@H](O)[C@H]3NC(C)=O)[C@@H]2O)[C@@H]1O. The van der Waals surface area contributed by atoms with Crippen molar-refractivity contribution in [3.8, 4) is 0 Å². The van der Waals surface area contributed by atoms with Crippen LogP contribution in [-0.2, 0) is 128 Å². The molecule has 4 amide bonds. The molecule has 12 rings (SSSR count). The molecule has 12 fully saturated rings. The fourth-order valence-corrected chi connectivity index (χ4v) is 18.7. The van der Waals surface area contributed by atoms with Crippen molar-refractivity contribution in [2.24, 2.45) is 0 Å². The normalized spacial score (nSPS) is 50.4. The minimum absolute atomic E-state index is 0.874. The maximum atomic E-state index is 13.4. The van der Waals surface area contributed by atoms with E-state index in [-0.39, 0.29) is 0 Å². The van der Waals surface area contributed by atoms with Gasteiger partial charge < -0.3 is 299 Å². The highest BCUT2D eigenvalue weighted by atomic mass is 16.8. The molecule has 1 unspecified atom stereocenters. The first kappa shape index (κ1) is 118. The molecule has 12 heterocycles. The van der Waals surface area contributed by atoms with Crippen LogP contribution in [0.15, 0.2) is 0 Å². The number of carbonyl (C=O) groups is 4. The zero-order valence-corrected chi connectivity index (χ0v) is 77.2. The minimum Gasteiger partial charge on any atom is -0.394 e. The van der Waals surface area contributed by atoms with Crippen LogP contribution in [0.5, 0.6) is 0 Å². The number of aliphatic hydroxyl groups is 33. The molecule has 0 bridgehead atoms. The van der Waals surface area contributed by atoms with Gasteiger partial charge in [-0.2, -0.15) is 0 Å². The number of hydrogen-bond acceptors (Lipinski definition) is 60. The van der Waals surface area contributed by atoms with Gasteiger partial charge in [-0.05, 0) is 6.92 Å². The Morgan fingerprint density at radius 2 is 0.424 bits per heavy atom. The first-order chi connectivity index (χ1) is 68.1. The van der Waals surface area contributed by atoms with E-state index in [4.69, 9.17) is 109 Å². The highest BCUT2D eigenvalue weighted by molar-refractivity contribution is 5.74. The molecule has 64 nitrogen and oxygen atoms in total. The zero-order valence-electron chi connectivity index (χ0n) is 77.2. The van der Waals surface area contributed by atoms with Crippen LogP contribution >= 0.6 is 0 Å². The van der Waals surface area contributed by atoms with Crippen molar-refractivity contribution in [1.29, 1.82) is 0 Å². The predicted molar refractivity (Wildman–Crippen MR) is 440 cm³/mol. The Morgan fingerprint density at radius 3 is 0.778 bits per heavy atom. The first-order valence-electron chi connectivity index (χ1n) is 46.0. The molecule has 0 saturated carbocycles. The summed E-state index contributed by atoms with van der Waals surface area (Å²) in [5.41, 5.74) is 0. The second-order valence-electron chi connectivity index (χ2n) is 36.6. The molecule has 64 heteroatoms. The minimum atomic E-state index is -2.71. The molecule has 12 aliphatic rings. The predicted octanol–water partition coefficient (Wildman–Crippen LogP) is -25.6. The Kier molecular flexibility index (Phi) is 42.4. The third-order valence-electron chi connectivity index (χ3n) is 26.6. The molecule has 834 valence electrons. The maximum absolute atomic E-state index is 13.4. The summed E-state index contributed by atoms with van der Waals surface area (Å²) in [5.74, 6) is -3.98. The van der Waals surface area contributed by atoms with Crippen LogP contribution in [0.4, 0.5) is 0 Å². The van der Waals surface area contributed by atoms with Crippen LogP contribution in [0.3, 0.4) is 0 Å². The Hall–Kier alpha value is -4.36. The van der Waals surface area contributed by atoms with Crippen molar-refractivity contribution in [2.45, 2.75) is 403 Å². The average molecular weight is 2110 g/mol. The average Bonchev–Trinajstić information content (AvgIpc) is 0.730. The summed E-state index contributed by atoms with van der Waals surface area (Å²) >= 11 is 0. The Labute approximate surface area is 814 Å². The van der Waals surface area contributed by atoms with Crippen LogP contribution in [0.25, 0.3) is 0 Å². The number of ether oxygens (including phenoxy) is 23. The lowest BCUT2D eigenvalue weighted by Crippen LogP contribution is -2.71. The summed E-state index contributed by atoms with van der Waals surface area (Å²) < 4.78 is 137. The van der Waals surface area contributed by atoms with Crippen molar-refractivity contribution in [2.75, 3.05) is 72.7 Å². The molecule has 12 saturated heterocycles. The van der Waals surface area contributed by atoms with Gasteiger partial charge in [0.05, 0.1) is 78.8 Å². The van der Waals surface area contributed by atoms with E-state index in [0.29, 0.717) is 0 Å². The number of hydrogen-bond donors (Lipinski definition) is 37. The zero-order chi connectivity index (χ0) is 106. The Morgan fingerprint density at radius 1 is 0.194 bits per heavy atom. The smallest absolute Gasteiger partial charge is 0.217 e. The van der Waals surface area contributed by atoms with E-state index in [1.807, 2.05) is 0 Å². The van der Waals surface area contributed by atoms with Gasteiger partial charge in [-0.1, -0.05) is 0 Å². The quantitative estimate of drug-likeness (QED) is 0.0275. The van der Waals surface area contributed by atoms with Crippen molar-refractivity contribution in [1.82, 2.24) is 21.3 Å². The maximum Gasteiger partial charge on any atom is 0.217 e. The molecule has 0 aromatic heterocycles. The van der Waals surface area contributed by atoms with Crippen LogP contribution in [0.2, 0.25) is 0 Å². The second-order valence-corrected chi connectivity index (χ2v) is 36.6. The number of amides is 4. The summed E-state index contributed by atoms with van der Waals surface area (Å²) in [6.07, 6.45) is -120. The van der Waals surface area contributed by atoms with Gasteiger partial charge in [0.2, 0.25) is 23.6 Å². The number of nitrogens with one attached hydrogen (secondary N) is 4. The second kappa shape index (κ2) is 51.6. The fraction of sp³-hybridized carbons (Fsp3) is 0.950. The van der Waals surface area contributed by atoms with Crippen LogP contribution in [0.1, 0.15) is 34.6 Å². The molecule has 37 N–H and O–H groups in total. The van der Waals surface area contributed by atoms with Gasteiger partial charge in [-0.15, -0.1) is 0 Å². The first-order valence-corrected chi connectivity index (χ1v) is 46.0. The lowest BCUT2D eigenvalue weighted by atomic mass is 9.93. The highest BCUT2D eigenvalue weighted by Crippen LogP contribution is 2.43. The molecule has 12 aliphatic heterocycles. The van der Waals surface area contributed by atoms with Gasteiger partial charge in [0.1, 0.15) is 287 Å². The number of carbonyl (C=O) groups excluding carboxylic acids is 4. The van der Waals surface area contributed by atoms with E-state index in [9.17, 15) is 188 Å². The van der Waals surface area contributed by atoms with E-state index in [1.165, 1.54) is 6.92 Å². The van der Waals surface area contributed by atoms with E-state index < -0.39 is 465 Å². The summed E-state index contributed by atoms with van der Waals surface area (Å²) in [7, 11) is 0. The molecule has 0 spiro atoms. The number of rotatable bonds is 37. The van der Waals surface area contributed by atoms with E-state index in [0.717, 1.165) is 27.7 Å². The van der Waals surface area contributed by atoms with E-state index >= 15 is 0 Å². The van der Waals surface area contributed by atoms with Gasteiger partial charge in [-0.25, -0.2) is 0 Å². The summed E-state index contributed by atoms with van der Waals surface area (Å²) in [5, 5.41) is 380. The molecule has 0 radical (unpaired) electrons. The van der Waals surface area contributed by atoms with Crippen molar-refractivity contribution in [3.05, 3.63) is 0 Å². The van der Waals surface area contributed by atoms with Crippen LogP contribution in [0, 0.1) is 0 Å². The lowest BCUT2D eigenvalue weighted by molar-refractivity contribution is -0.400. The summed E-state index contributed by atoms with van der Waals surface area (Å²) in [4.78, 5) is 52.5. The lowest BCUT2D eigenvalue weighted by Gasteiger charge is -2.51. The van der Waals surface area contributed by atoms with Gasteiger partial charge in [0, 0.05) is 27.7 Å². The van der Waals surface area contributed by atoms with Crippen molar-refractivity contribution < 1.29 is 297 Å². The van der Waals surface area contributed by atoms with Gasteiger partial charge in [-0.3, -0.25) is 19.2 Å². The fourth-order valence-electron chi connectivity index (χ4n) is 18.7. The molecule has 144 heavy (non-hydrogen) atoms. The molecule has 0 aliphatic carbocycles. The standard InChI is InChI=1S/C80H134N4O60/c1-17-37(98)49(110)54(115)73(124-17)122-16-32-63(45(106)33(69(121)125-32)81-18(2)94)136-70-34(82-19(3)95)46(107)62(28(12-91)132-70)139-78-59(120)66(142-80-68(53(114)41(102)25(9-88)131-80)144-72-36(84-21(5)97)48(109)61(30(14-93)134-72)138-77-58(119)65(43(104)27(11-90)129-77)141-75-56(117)51(112)39(100)23(7-86)127-75)44(105)31(135-78)15-123-79-67(52(113)40(101)24(8-87)130-79)143-71-35(83-20(4)96)47(108)60(29(13-92)133-71)137-76-57(118)64(42(103)26(10-89)128-76)140-74-55(116)50(111)38(99)22(6-85)126-74/h17,22-80,85-93,98-121H,6-16H2,1-5H3,(H,81,94)(H,82,95)(H,83,96)(H,84,97)/t17-,22-,23-,24-,25-,26-,27-,28-,29-,30-,31-,32-,33-,34-,35-,36-,37+,38+,39+,40-,41-,42+,43+,44-,45-,46-,47-,48-,49+,50+,51+,52+,53+,54-,55-,56-,57-,58-,59+,60-,61-,62-,63-,64+,65+,66+,67+,68+,69?,70+,71+,72+,73+,74-,75-,76+,77+,78+,79+,80-/m1/s1. The molecular formula is C80H134N4O60. The Bertz CT molecular complexity index is 3980. The monoisotopic (exact) mass is 2110 g/mol. The largest absolute Gasteiger partial charge is 0.394 e. The number of aliphatic hydroxyl groups excluding tert-OH is 33. The van der Waals surface area contributed by atoms with Gasteiger partial charge >= 0.3 is 0 Å². The van der Waals surface area contributed by atoms with Gasteiger partial charge in [0.15, 0.2) is 75.5 Å². The molecular weight excluding hydrogens is 1980 g/mol. The van der Waals surface area contributed by atoms with Gasteiger partial charge in [0.25, 0.3) is 0 Å². The van der Waals surface area contributed by atoms with E-state index in [2.05, 4.69) is 21.3 Å². The molecule has 0 aromatic rings. The third-order valence-corrected chi connectivity index (χ3v) is 26.6. The topological polar surface area (TPSA) is 996 Å². The third kappa shape index (κ3) is 25.8. The van der Waals surface area contributed by atoms with Crippen LogP contribution in [-0.4, -0.2) is 633 Å². The Balaban J connectivity index is 0.856. The van der Waals surface area contributed by atoms with Crippen LogP contribution < -0.4 is 21.3 Å². The molecule has 60 atom stereocenters. The summed E-state index contributed by atoms with van der Waals surface area (Å²) in [6.45, 7) is -7.77. The molecule has 0 aromatic carbocycles. The highest BCUT2D eigenvalue weighted by Gasteiger charge is 2.64.